The number of para-hydroxylation sites is 1. The van der Waals surface area contributed by atoms with Gasteiger partial charge in [-0.2, -0.15) is 5.26 Å². The van der Waals surface area contributed by atoms with E-state index in [-0.39, 0.29) is 5.56 Å². The highest BCUT2D eigenvalue weighted by atomic mass is 16.1. The van der Waals surface area contributed by atoms with Crippen molar-refractivity contribution in [2.75, 3.05) is 0 Å². The topological polar surface area (TPSA) is 58.7 Å². The minimum atomic E-state index is 0.00963. The molecular formula is C29H27N3O. The second-order valence-electron chi connectivity index (χ2n) is 8.06. The van der Waals surface area contributed by atoms with Crippen LogP contribution in [0.1, 0.15) is 48.5 Å². The van der Waals surface area contributed by atoms with Crippen molar-refractivity contribution < 1.29 is 0 Å². The van der Waals surface area contributed by atoms with Gasteiger partial charge in [0.05, 0.1) is 23.0 Å². The molecule has 0 saturated heterocycles. The summed E-state index contributed by atoms with van der Waals surface area (Å²) in [5, 5.41) is 9.41. The van der Waals surface area contributed by atoms with Gasteiger partial charge in [-0.3, -0.25) is 9.36 Å². The van der Waals surface area contributed by atoms with E-state index in [2.05, 4.69) is 13.0 Å². The van der Waals surface area contributed by atoms with Crippen molar-refractivity contribution in [2.24, 2.45) is 0 Å². The molecule has 0 atom stereocenters. The highest BCUT2D eigenvalue weighted by Crippen LogP contribution is 2.24. The van der Waals surface area contributed by atoms with Gasteiger partial charge < -0.3 is 0 Å². The maximum Gasteiger partial charge on any atom is 0.261 e. The van der Waals surface area contributed by atoms with E-state index in [0.717, 1.165) is 52.3 Å². The molecule has 33 heavy (non-hydrogen) atoms. The molecule has 4 aromatic rings. The van der Waals surface area contributed by atoms with E-state index >= 15 is 0 Å². The predicted molar refractivity (Wildman–Crippen MR) is 133 cm³/mol. The minimum Gasteiger partial charge on any atom is -0.269 e. The van der Waals surface area contributed by atoms with Crippen molar-refractivity contribution in [1.82, 2.24) is 9.55 Å². The van der Waals surface area contributed by atoms with Gasteiger partial charge in [0, 0.05) is 18.4 Å². The molecule has 0 radical (unpaired) electrons. The molecule has 0 fully saturated rings. The summed E-state index contributed by atoms with van der Waals surface area (Å²) in [5.41, 5.74) is 6.11. The summed E-state index contributed by atoms with van der Waals surface area (Å²) in [4.78, 5) is 18.6. The van der Waals surface area contributed by atoms with Crippen LogP contribution in [0.5, 0.6) is 0 Å². The van der Waals surface area contributed by atoms with Gasteiger partial charge in [-0.25, -0.2) is 4.98 Å². The van der Waals surface area contributed by atoms with Crippen LogP contribution < -0.4 is 5.56 Å². The molecular weight excluding hydrogens is 406 g/mol. The fourth-order valence-electron chi connectivity index (χ4n) is 4.19. The molecule has 4 rings (SSSR count). The van der Waals surface area contributed by atoms with Crippen molar-refractivity contribution in [3.8, 4) is 22.9 Å². The molecule has 1 heterocycles. The van der Waals surface area contributed by atoms with Crippen molar-refractivity contribution >= 4 is 0 Å². The molecule has 4 heteroatoms. The van der Waals surface area contributed by atoms with Gasteiger partial charge in [-0.15, -0.1) is 0 Å². The highest BCUT2D eigenvalue weighted by Gasteiger charge is 2.17. The fraction of sp³-hybridized carbons (Fsp3) is 0.207. The van der Waals surface area contributed by atoms with Crippen molar-refractivity contribution in [3.05, 3.63) is 117 Å². The van der Waals surface area contributed by atoms with Gasteiger partial charge in [0.25, 0.3) is 5.56 Å². The lowest BCUT2D eigenvalue weighted by atomic mass is 9.97. The lowest BCUT2D eigenvalue weighted by Gasteiger charge is -2.17. The molecule has 0 saturated carbocycles. The number of benzene rings is 3. The molecule has 1 aromatic heterocycles. The van der Waals surface area contributed by atoms with Crippen LogP contribution in [0.2, 0.25) is 0 Å². The van der Waals surface area contributed by atoms with E-state index in [0.29, 0.717) is 18.4 Å². The highest BCUT2D eigenvalue weighted by molar-refractivity contribution is 5.70. The summed E-state index contributed by atoms with van der Waals surface area (Å²) < 4.78 is 1.76. The summed E-state index contributed by atoms with van der Waals surface area (Å²) in [6.07, 6.45) is 2.93. The largest absolute Gasteiger partial charge is 0.269 e. The zero-order chi connectivity index (χ0) is 23.2. The van der Waals surface area contributed by atoms with E-state index in [4.69, 9.17) is 4.98 Å². The second-order valence-corrected chi connectivity index (χ2v) is 8.06. The maximum atomic E-state index is 13.7. The average molecular weight is 434 g/mol. The second kappa shape index (κ2) is 10.1. The first-order chi connectivity index (χ1) is 16.2. The minimum absolute atomic E-state index is 0.00963. The molecule has 3 aromatic carbocycles. The van der Waals surface area contributed by atoms with Crippen LogP contribution in [0.3, 0.4) is 0 Å². The quantitative estimate of drug-likeness (QED) is 0.366. The third-order valence-electron chi connectivity index (χ3n) is 5.84. The Morgan fingerprint density at radius 2 is 1.61 bits per heavy atom. The lowest BCUT2D eigenvalue weighted by Crippen LogP contribution is -2.29. The first kappa shape index (κ1) is 22.2. The molecule has 0 spiro atoms. The van der Waals surface area contributed by atoms with E-state index in [1.54, 1.807) is 4.57 Å². The summed E-state index contributed by atoms with van der Waals surface area (Å²) >= 11 is 0. The molecule has 0 amide bonds. The van der Waals surface area contributed by atoms with Gasteiger partial charge in [0.2, 0.25) is 0 Å². The average Bonchev–Trinajstić information content (AvgIpc) is 2.87. The Morgan fingerprint density at radius 1 is 0.909 bits per heavy atom. The Bertz CT molecular complexity index is 1350. The van der Waals surface area contributed by atoms with Gasteiger partial charge in [0.1, 0.15) is 5.82 Å². The maximum absolute atomic E-state index is 13.7. The Morgan fingerprint density at radius 3 is 2.27 bits per heavy atom. The Hall–Kier alpha value is -3.97. The molecule has 4 nitrogen and oxygen atoms in total. The molecule has 0 aliphatic rings. The van der Waals surface area contributed by atoms with Gasteiger partial charge in [-0.1, -0.05) is 80.9 Å². The van der Waals surface area contributed by atoms with Gasteiger partial charge in [-0.05, 0) is 41.3 Å². The lowest BCUT2D eigenvalue weighted by molar-refractivity contribution is 0.746. The number of hydrogen-bond donors (Lipinski definition) is 0. The SMILES string of the molecule is CCCc1nc(CC)n(-c2ccccc2)c(=O)c1Cc1ccc(-c2ccccc2C#N)cc1. The number of hydrogen-bond acceptors (Lipinski definition) is 3. The zero-order valence-electron chi connectivity index (χ0n) is 19.1. The van der Waals surface area contributed by atoms with Crippen LogP contribution in [-0.4, -0.2) is 9.55 Å². The number of nitriles is 1. The standard InChI is InChI=1S/C29H27N3O/c1-3-10-27-26(29(33)32(28(4-2)31-27)24-12-6-5-7-13-24)19-21-15-17-22(18-16-21)25-14-9-8-11-23(25)20-30/h5-9,11-18H,3-4,10,19H2,1-2H3. The zero-order valence-corrected chi connectivity index (χ0v) is 19.1. The van der Waals surface area contributed by atoms with Crippen LogP contribution in [-0.2, 0) is 19.3 Å². The monoisotopic (exact) mass is 433 g/mol. The normalized spacial score (nSPS) is 10.7. The van der Waals surface area contributed by atoms with Crippen LogP contribution >= 0.6 is 0 Å². The molecule has 0 unspecified atom stereocenters. The fourth-order valence-corrected chi connectivity index (χ4v) is 4.19. The van der Waals surface area contributed by atoms with E-state index < -0.39 is 0 Å². The molecule has 0 N–H and O–H groups in total. The van der Waals surface area contributed by atoms with Crippen molar-refractivity contribution in [3.63, 3.8) is 0 Å². The number of rotatable bonds is 7. The molecule has 0 aliphatic heterocycles. The first-order valence-corrected chi connectivity index (χ1v) is 11.4. The van der Waals surface area contributed by atoms with Crippen LogP contribution in [0, 0.1) is 11.3 Å². The van der Waals surface area contributed by atoms with E-state index in [9.17, 15) is 10.1 Å². The van der Waals surface area contributed by atoms with Crippen molar-refractivity contribution in [1.29, 1.82) is 5.26 Å². The van der Waals surface area contributed by atoms with Gasteiger partial charge >= 0.3 is 0 Å². The smallest absolute Gasteiger partial charge is 0.261 e. The van der Waals surface area contributed by atoms with Gasteiger partial charge in [0.15, 0.2) is 0 Å². The predicted octanol–water partition coefficient (Wildman–Crippen LogP) is 5.88. The number of aryl methyl sites for hydroxylation is 2. The Balaban J connectivity index is 1.76. The van der Waals surface area contributed by atoms with Crippen LogP contribution in [0.4, 0.5) is 0 Å². The molecule has 0 bridgehead atoms. The summed E-state index contributed by atoms with van der Waals surface area (Å²) in [5.74, 6) is 0.793. The Kier molecular flexibility index (Phi) is 6.80. The molecule has 164 valence electrons. The summed E-state index contributed by atoms with van der Waals surface area (Å²) in [6, 6.07) is 27.7. The first-order valence-electron chi connectivity index (χ1n) is 11.4. The van der Waals surface area contributed by atoms with E-state index in [1.807, 2.05) is 85.8 Å². The summed E-state index contributed by atoms with van der Waals surface area (Å²) in [7, 11) is 0. The number of aromatic nitrogens is 2. The Labute approximate surface area is 194 Å². The third-order valence-corrected chi connectivity index (χ3v) is 5.84. The van der Waals surface area contributed by atoms with Crippen LogP contribution in [0.25, 0.3) is 16.8 Å². The third kappa shape index (κ3) is 4.63. The van der Waals surface area contributed by atoms with Crippen molar-refractivity contribution in [2.45, 2.75) is 39.5 Å². The summed E-state index contributed by atoms with van der Waals surface area (Å²) in [6.45, 7) is 4.15. The van der Waals surface area contributed by atoms with Crippen LogP contribution in [0.15, 0.2) is 83.7 Å². The van der Waals surface area contributed by atoms with E-state index in [1.165, 1.54) is 0 Å². The number of nitrogens with zero attached hydrogens (tertiary/aromatic N) is 3. The molecule has 0 aliphatic carbocycles.